The van der Waals surface area contributed by atoms with E-state index in [0.717, 1.165) is 35.0 Å². The molecule has 1 aromatic rings. The molecule has 88 valence electrons. The van der Waals surface area contributed by atoms with Crippen LogP contribution in [-0.4, -0.2) is 18.9 Å². The fraction of sp³-hybridized carbons (Fsp3) is 0.462. The molecule has 0 aliphatic heterocycles. The van der Waals surface area contributed by atoms with Gasteiger partial charge in [-0.1, -0.05) is 22.9 Å². The van der Waals surface area contributed by atoms with E-state index in [0.29, 0.717) is 6.04 Å². The van der Waals surface area contributed by atoms with Crippen molar-refractivity contribution in [3.8, 4) is 0 Å². The van der Waals surface area contributed by atoms with Gasteiger partial charge < -0.3 is 4.90 Å². The van der Waals surface area contributed by atoms with Gasteiger partial charge >= 0.3 is 0 Å². The average molecular weight is 284 g/mol. The van der Waals surface area contributed by atoms with Crippen LogP contribution < -0.4 is 4.90 Å². The lowest BCUT2D eigenvalue weighted by atomic mass is 10.1. The summed E-state index contributed by atoms with van der Waals surface area (Å²) in [6, 6.07) is 6.30. The third-order valence-electron chi connectivity index (χ3n) is 2.89. The molecule has 0 heterocycles. The van der Waals surface area contributed by atoms with Gasteiger partial charge in [-0.25, -0.2) is 0 Å². The van der Waals surface area contributed by atoms with Crippen molar-refractivity contribution in [2.45, 2.75) is 33.2 Å². The number of carbonyl (C=O) groups is 1. The summed E-state index contributed by atoms with van der Waals surface area (Å²) in [7, 11) is 0. The highest BCUT2D eigenvalue weighted by Gasteiger charge is 2.14. The second-order valence-electron chi connectivity index (χ2n) is 3.86. The van der Waals surface area contributed by atoms with Gasteiger partial charge in [0.15, 0.2) is 6.29 Å². The zero-order valence-electron chi connectivity index (χ0n) is 10.0. The molecule has 0 spiro atoms. The molecule has 1 rings (SSSR count). The Labute approximate surface area is 106 Å². The fourth-order valence-electron chi connectivity index (χ4n) is 1.82. The van der Waals surface area contributed by atoms with Crippen molar-refractivity contribution in [2.24, 2.45) is 0 Å². The van der Waals surface area contributed by atoms with Crippen LogP contribution in [0.2, 0.25) is 0 Å². The monoisotopic (exact) mass is 283 g/mol. The topological polar surface area (TPSA) is 20.3 Å². The van der Waals surface area contributed by atoms with E-state index in [1.54, 1.807) is 0 Å². The maximum atomic E-state index is 11.1. The van der Waals surface area contributed by atoms with Gasteiger partial charge in [-0.2, -0.15) is 0 Å². The number of anilines is 1. The summed E-state index contributed by atoms with van der Waals surface area (Å²) in [6.45, 7) is 7.37. The summed E-state index contributed by atoms with van der Waals surface area (Å²) in [5, 5.41) is 0. The first-order chi connectivity index (χ1) is 7.63. The Hall–Kier alpha value is -0.830. The summed E-state index contributed by atoms with van der Waals surface area (Å²) in [5.41, 5.74) is 1.77. The summed E-state index contributed by atoms with van der Waals surface area (Å²) in [4.78, 5) is 13.3. The van der Waals surface area contributed by atoms with E-state index in [4.69, 9.17) is 0 Å². The molecule has 0 bridgehead atoms. The molecular weight excluding hydrogens is 266 g/mol. The highest BCUT2D eigenvalue weighted by atomic mass is 79.9. The molecule has 0 saturated heterocycles. The zero-order chi connectivity index (χ0) is 12.1. The second-order valence-corrected chi connectivity index (χ2v) is 4.78. The minimum absolute atomic E-state index is 0.449. The van der Waals surface area contributed by atoms with Gasteiger partial charge in [0.05, 0.1) is 0 Å². The van der Waals surface area contributed by atoms with Gasteiger partial charge in [0, 0.05) is 28.3 Å². The van der Waals surface area contributed by atoms with E-state index in [-0.39, 0.29) is 0 Å². The number of nitrogens with zero attached hydrogens (tertiary/aromatic N) is 1. The van der Waals surface area contributed by atoms with Crippen LogP contribution in [0.1, 0.15) is 37.6 Å². The molecule has 0 aliphatic carbocycles. The van der Waals surface area contributed by atoms with Crippen molar-refractivity contribution in [3.63, 3.8) is 0 Å². The molecule has 1 atom stereocenters. The summed E-state index contributed by atoms with van der Waals surface area (Å²) < 4.78 is 0.943. The van der Waals surface area contributed by atoms with Crippen molar-refractivity contribution in [3.05, 3.63) is 28.2 Å². The molecule has 1 aromatic carbocycles. The number of hydrogen-bond acceptors (Lipinski definition) is 2. The summed E-state index contributed by atoms with van der Waals surface area (Å²) >= 11 is 3.38. The lowest BCUT2D eigenvalue weighted by Gasteiger charge is -2.30. The first kappa shape index (κ1) is 13.2. The Balaban J connectivity index is 3.13. The Morgan fingerprint density at radius 2 is 2.12 bits per heavy atom. The highest BCUT2D eigenvalue weighted by molar-refractivity contribution is 9.10. The van der Waals surface area contributed by atoms with Crippen molar-refractivity contribution in [1.82, 2.24) is 0 Å². The Morgan fingerprint density at radius 3 is 2.62 bits per heavy atom. The minimum atomic E-state index is 0.449. The molecule has 0 amide bonds. The maximum Gasteiger partial charge on any atom is 0.152 e. The molecule has 0 fully saturated rings. The van der Waals surface area contributed by atoms with E-state index in [2.05, 4.69) is 41.6 Å². The number of hydrogen-bond donors (Lipinski definition) is 0. The molecule has 0 aliphatic rings. The molecule has 0 aromatic heterocycles. The van der Waals surface area contributed by atoms with Crippen molar-refractivity contribution in [1.29, 1.82) is 0 Å². The van der Waals surface area contributed by atoms with Crippen molar-refractivity contribution >= 4 is 27.9 Å². The van der Waals surface area contributed by atoms with Crippen molar-refractivity contribution < 1.29 is 4.79 Å². The molecule has 0 N–H and O–H groups in total. The lowest BCUT2D eigenvalue weighted by molar-refractivity contribution is 0.112. The summed E-state index contributed by atoms with van der Waals surface area (Å²) in [6.07, 6.45) is 1.99. The number of benzene rings is 1. The van der Waals surface area contributed by atoms with Gasteiger partial charge in [0.2, 0.25) is 0 Å². The van der Waals surface area contributed by atoms with Crippen LogP contribution in [0.5, 0.6) is 0 Å². The number of rotatable bonds is 5. The van der Waals surface area contributed by atoms with Crippen LogP contribution in [0, 0.1) is 0 Å². The SMILES string of the molecule is CCC(C)N(CC)c1ccc(Br)cc1C=O. The van der Waals surface area contributed by atoms with E-state index in [1.165, 1.54) is 0 Å². The molecule has 0 saturated carbocycles. The van der Waals surface area contributed by atoms with Crippen LogP contribution in [-0.2, 0) is 0 Å². The van der Waals surface area contributed by atoms with E-state index < -0.39 is 0 Å². The largest absolute Gasteiger partial charge is 0.369 e. The maximum absolute atomic E-state index is 11.1. The van der Waals surface area contributed by atoms with Gasteiger partial charge in [0.1, 0.15) is 0 Å². The molecule has 1 unspecified atom stereocenters. The van der Waals surface area contributed by atoms with E-state index in [9.17, 15) is 4.79 Å². The standard InChI is InChI=1S/C13H18BrNO/c1-4-10(3)15(5-2)13-7-6-12(14)8-11(13)9-16/h6-10H,4-5H2,1-3H3. The molecule has 16 heavy (non-hydrogen) atoms. The van der Waals surface area contributed by atoms with Gasteiger partial charge in [-0.05, 0) is 38.5 Å². The second kappa shape index (κ2) is 6.04. The quantitative estimate of drug-likeness (QED) is 0.765. The van der Waals surface area contributed by atoms with Crippen LogP contribution in [0.15, 0.2) is 22.7 Å². The lowest BCUT2D eigenvalue weighted by Crippen LogP contribution is -2.33. The van der Waals surface area contributed by atoms with Gasteiger partial charge in [-0.3, -0.25) is 4.79 Å². The fourth-order valence-corrected chi connectivity index (χ4v) is 2.20. The third kappa shape index (κ3) is 2.85. The number of aldehydes is 1. The predicted octanol–water partition coefficient (Wildman–Crippen LogP) is 3.89. The normalized spacial score (nSPS) is 12.2. The minimum Gasteiger partial charge on any atom is -0.369 e. The van der Waals surface area contributed by atoms with E-state index in [1.807, 2.05) is 18.2 Å². The zero-order valence-corrected chi connectivity index (χ0v) is 11.6. The predicted molar refractivity (Wildman–Crippen MR) is 72.3 cm³/mol. The molecule has 3 heteroatoms. The Morgan fingerprint density at radius 1 is 1.44 bits per heavy atom. The van der Waals surface area contributed by atoms with E-state index >= 15 is 0 Å². The van der Waals surface area contributed by atoms with Crippen LogP contribution in [0.25, 0.3) is 0 Å². The Bertz CT molecular complexity index is 365. The molecule has 2 nitrogen and oxygen atoms in total. The van der Waals surface area contributed by atoms with Crippen LogP contribution in [0.4, 0.5) is 5.69 Å². The number of halogens is 1. The smallest absolute Gasteiger partial charge is 0.152 e. The first-order valence-corrected chi connectivity index (χ1v) is 6.44. The van der Waals surface area contributed by atoms with Crippen LogP contribution >= 0.6 is 15.9 Å². The number of carbonyl (C=O) groups excluding carboxylic acids is 1. The molecular formula is C13H18BrNO. The highest BCUT2D eigenvalue weighted by Crippen LogP contribution is 2.25. The van der Waals surface area contributed by atoms with Crippen molar-refractivity contribution in [2.75, 3.05) is 11.4 Å². The molecule has 0 radical (unpaired) electrons. The third-order valence-corrected chi connectivity index (χ3v) is 3.38. The van der Waals surface area contributed by atoms with Gasteiger partial charge in [0.25, 0.3) is 0 Å². The van der Waals surface area contributed by atoms with Crippen LogP contribution in [0.3, 0.4) is 0 Å². The summed E-state index contributed by atoms with van der Waals surface area (Å²) in [5.74, 6) is 0. The average Bonchev–Trinajstić information content (AvgIpc) is 2.31. The van der Waals surface area contributed by atoms with Gasteiger partial charge in [-0.15, -0.1) is 0 Å². The first-order valence-electron chi connectivity index (χ1n) is 5.65. The Kier molecular flexibility index (Phi) is 5.00.